The standard InChI is InChI=1S/C18H25N5O2/c1-13(16-21-12-15(25-16)18(2,3)4)22-7-9-23(10-8-22)17(24)14-11-19-5-6-20-14/h5-6,11-13H,7-10H2,1-4H3/t13-/m1/s1. The smallest absolute Gasteiger partial charge is 0.274 e. The van der Waals surface area contributed by atoms with Gasteiger partial charge in [0.15, 0.2) is 0 Å². The second kappa shape index (κ2) is 6.92. The van der Waals surface area contributed by atoms with Crippen LogP contribution in [0.2, 0.25) is 0 Å². The largest absolute Gasteiger partial charge is 0.443 e. The fraction of sp³-hybridized carbons (Fsp3) is 0.556. The van der Waals surface area contributed by atoms with Crippen LogP contribution in [0.4, 0.5) is 0 Å². The highest BCUT2D eigenvalue weighted by molar-refractivity contribution is 5.92. The number of amides is 1. The van der Waals surface area contributed by atoms with Crippen molar-refractivity contribution >= 4 is 5.91 Å². The van der Waals surface area contributed by atoms with Crippen LogP contribution in [0.5, 0.6) is 0 Å². The lowest BCUT2D eigenvalue weighted by Gasteiger charge is -2.36. The first-order valence-corrected chi connectivity index (χ1v) is 8.62. The molecule has 1 amide bonds. The number of nitrogens with zero attached hydrogens (tertiary/aromatic N) is 5. The van der Waals surface area contributed by atoms with Crippen molar-refractivity contribution in [1.29, 1.82) is 0 Å². The van der Waals surface area contributed by atoms with Crippen molar-refractivity contribution in [3.63, 3.8) is 0 Å². The summed E-state index contributed by atoms with van der Waals surface area (Å²) in [7, 11) is 0. The number of rotatable bonds is 3. The number of oxazole rings is 1. The Labute approximate surface area is 148 Å². The van der Waals surface area contributed by atoms with Crippen molar-refractivity contribution < 1.29 is 9.21 Å². The van der Waals surface area contributed by atoms with Crippen LogP contribution >= 0.6 is 0 Å². The summed E-state index contributed by atoms with van der Waals surface area (Å²) in [4.78, 5) is 29.1. The third-order valence-electron chi connectivity index (χ3n) is 4.55. The van der Waals surface area contributed by atoms with Crippen LogP contribution in [0.15, 0.2) is 29.2 Å². The first-order valence-electron chi connectivity index (χ1n) is 8.62. The molecule has 3 heterocycles. The molecule has 1 saturated heterocycles. The summed E-state index contributed by atoms with van der Waals surface area (Å²) in [5.41, 5.74) is 0.346. The number of carbonyl (C=O) groups is 1. The van der Waals surface area contributed by atoms with Crippen molar-refractivity contribution in [2.45, 2.75) is 39.2 Å². The summed E-state index contributed by atoms with van der Waals surface area (Å²) in [6.45, 7) is 11.3. The molecule has 0 unspecified atom stereocenters. The summed E-state index contributed by atoms with van der Waals surface area (Å²) >= 11 is 0. The van der Waals surface area contributed by atoms with Gasteiger partial charge in [0.25, 0.3) is 5.91 Å². The van der Waals surface area contributed by atoms with E-state index in [1.807, 2.05) is 11.1 Å². The third kappa shape index (κ3) is 3.87. The van der Waals surface area contributed by atoms with E-state index in [9.17, 15) is 4.79 Å². The van der Waals surface area contributed by atoms with Crippen LogP contribution in [0.25, 0.3) is 0 Å². The second-order valence-electron chi connectivity index (χ2n) is 7.41. The minimum Gasteiger partial charge on any atom is -0.443 e. The molecule has 0 radical (unpaired) electrons. The van der Waals surface area contributed by atoms with Crippen molar-refractivity contribution in [3.8, 4) is 0 Å². The second-order valence-corrected chi connectivity index (χ2v) is 7.41. The van der Waals surface area contributed by atoms with Gasteiger partial charge in [0.2, 0.25) is 5.89 Å². The Morgan fingerprint density at radius 2 is 1.84 bits per heavy atom. The SMILES string of the molecule is C[C@H](c1ncc(C(C)(C)C)o1)N1CCN(C(=O)c2cnccn2)CC1. The zero-order chi connectivity index (χ0) is 18.0. The highest BCUT2D eigenvalue weighted by Gasteiger charge is 2.29. The highest BCUT2D eigenvalue weighted by atomic mass is 16.4. The summed E-state index contributed by atoms with van der Waals surface area (Å²) in [5, 5.41) is 0. The molecule has 7 heteroatoms. The van der Waals surface area contributed by atoms with Crippen LogP contribution < -0.4 is 0 Å². The van der Waals surface area contributed by atoms with E-state index in [0.717, 1.165) is 24.7 Å². The molecule has 2 aromatic rings. The molecule has 1 atom stereocenters. The first kappa shape index (κ1) is 17.5. The number of carbonyl (C=O) groups excluding carboxylic acids is 1. The van der Waals surface area contributed by atoms with Gasteiger partial charge in [-0.05, 0) is 6.92 Å². The Bertz CT molecular complexity index is 715. The first-order chi connectivity index (χ1) is 11.9. The van der Waals surface area contributed by atoms with E-state index < -0.39 is 0 Å². The normalized spacial score (nSPS) is 17.5. The number of piperazine rings is 1. The Balaban J connectivity index is 1.60. The molecule has 0 aliphatic carbocycles. The van der Waals surface area contributed by atoms with Gasteiger partial charge in [0, 0.05) is 44.0 Å². The summed E-state index contributed by atoms with van der Waals surface area (Å²) < 4.78 is 5.96. The van der Waals surface area contributed by atoms with Crippen molar-refractivity contribution in [3.05, 3.63) is 42.1 Å². The van der Waals surface area contributed by atoms with Gasteiger partial charge in [-0.3, -0.25) is 14.7 Å². The van der Waals surface area contributed by atoms with Crippen LogP contribution in [-0.4, -0.2) is 56.8 Å². The monoisotopic (exact) mass is 343 g/mol. The molecule has 1 aliphatic heterocycles. The maximum atomic E-state index is 12.4. The van der Waals surface area contributed by atoms with Crippen LogP contribution in [0.1, 0.15) is 55.9 Å². The Hall–Kier alpha value is -2.28. The summed E-state index contributed by atoms with van der Waals surface area (Å²) in [6.07, 6.45) is 6.44. The lowest BCUT2D eigenvalue weighted by atomic mass is 9.94. The molecule has 0 N–H and O–H groups in total. The molecule has 3 rings (SSSR count). The predicted molar refractivity (Wildman–Crippen MR) is 93.1 cm³/mol. The lowest BCUT2D eigenvalue weighted by molar-refractivity contribution is 0.0550. The zero-order valence-electron chi connectivity index (χ0n) is 15.3. The van der Waals surface area contributed by atoms with Crippen LogP contribution in [0.3, 0.4) is 0 Å². The van der Waals surface area contributed by atoms with Crippen molar-refractivity contribution in [2.24, 2.45) is 0 Å². The molecule has 0 bridgehead atoms. The van der Waals surface area contributed by atoms with E-state index in [1.165, 1.54) is 6.20 Å². The molecule has 0 saturated carbocycles. The molecule has 1 fully saturated rings. The van der Waals surface area contributed by atoms with E-state index in [-0.39, 0.29) is 17.4 Å². The molecule has 0 spiro atoms. The van der Waals surface area contributed by atoms with Crippen LogP contribution in [-0.2, 0) is 5.41 Å². The predicted octanol–water partition coefficient (Wildman–Crippen LogP) is 2.28. The van der Waals surface area contributed by atoms with E-state index >= 15 is 0 Å². The van der Waals surface area contributed by atoms with E-state index in [1.54, 1.807) is 12.4 Å². The molecule has 1 aliphatic rings. The minimum absolute atomic E-state index is 0.0488. The van der Waals surface area contributed by atoms with E-state index in [4.69, 9.17) is 4.42 Å². The van der Waals surface area contributed by atoms with Crippen LogP contribution in [0, 0.1) is 0 Å². The lowest BCUT2D eigenvalue weighted by Crippen LogP contribution is -2.49. The average Bonchev–Trinajstić information content (AvgIpc) is 3.12. The number of aromatic nitrogens is 3. The number of hydrogen-bond acceptors (Lipinski definition) is 6. The van der Waals surface area contributed by atoms with Gasteiger partial charge in [-0.25, -0.2) is 9.97 Å². The fourth-order valence-electron chi connectivity index (χ4n) is 2.87. The van der Waals surface area contributed by atoms with E-state index in [0.29, 0.717) is 18.8 Å². The average molecular weight is 343 g/mol. The molecule has 0 aromatic carbocycles. The molecular weight excluding hydrogens is 318 g/mol. The van der Waals surface area contributed by atoms with Gasteiger partial charge < -0.3 is 9.32 Å². The Kier molecular flexibility index (Phi) is 4.85. The van der Waals surface area contributed by atoms with Gasteiger partial charge in [0.05, 0.1) is 18.4 Å². The number of hydrogen-bond donors (Lipinski definition) is 0. The van der Waals surface area contributed by atoms with E-state index in [2.05, 4.69) is 47.5 Å². The van der Waals surface area contributed by atoms with Gasteiger partial charge >= 0.3 is 0 Å². The van der Waals surface area contributed by atoms with Crippen molar-refractivity contribution in [1.82, 2.24) is 24.8 Å². The topological polar surface area (TPSA) is 75.4 Å². The Morgan fingerprint density at radius 3 is 2.40 bits per heavy atom. The van der Waals surface area contributed by atoms with Crippen molar-refractivity contribution in [2.75, 3.05) is 26.2 Å². The van der Waals surface area contributed by atoms with Gasteiger partial charge in [-0.2, -0.15) is 0 Å². The molecule has 25 heavy (non-hydrogen) atoms. The molecule has 2 aromatic heterocycles. The zero-order valence-corrected chi connectivity index (χ0v) is 15.3. The molecular formula is C18H25N5O2. The quantitative estimate of drug-likeness (QED) is 0.851. The summed E-state index contributed by atoms with van der Waals surface area (Å²) in [5.74, 6) is 1.57. The minimum atomic E-state index is -0.0634. The van der Waals surface area contributed by atoms with Gasteiger partial charge in [0.1, 0.15) is 11.5 Å². The Morgan fingerprint density at radius 1 is 1.12 bits per heavy atom. The third-order valence-corrected chi connectivity index (χ3v) is 4.55. The highest BCUT2D eigenvalue weighted by Crippen LogP contribution is 2.27. The molecule has 134 valence electrons. The maximum Gasteiger partial charge on any atom is 0.274 e. The van der Waals surface area contributed by atoms with Gasteiger partial charge in [-0.1, -0.05) is 20.8 Å². The maximum absolute atomic E-state index is 12.4. The van der Waals surface area contributed by atoms with Gasteiger partial charge in [-0.15, -0.1) is 0 Å². The summed E-state index contributed by atoms with van der Waals surface area (Å²) in [6, 6.07) is 0.0878. The molecule has 7 nitrogen and oxygen atoms in total. The fourth-order valence-corrected chi connectivity index (χ4v) is 2.87.